The van der Waals surface area contributed by atoms with Crippen LogP contribution in [0.5, 0.6) is 0 Å². The predicted octanol–water partition coefficient (Wildman–Crippen LogP) is 1.72. The van der Waals surface area contributed by atoms with Crippen LogP contribution in [-0.2, 0) is 19.0 Å². The number of carbonyl (C=O) groups is 1. The third-order valence-electron chi connectivity index (χ3n) is 1.65. The standard InChI is InChI=1S/C12H20O4/c1-4-5-6-14-7-8-15-9-10-16-12(13)11(2)3/h4H,1-2,5-10H2,3H3. The van der Waals surface area contributed by atoms with E-state index >= 15 is 0 Å². The molecule has 4 heteroatoms. The maximum absolute atomic E-state index is 10.9. The monoisotopic (exact) mass is 228 g/mol. The summed E-state index contributed by atoms with van der Waals surface area (Å²) >= 11 is 0. The smallest absolute Gasteiger partial charge is 0.333 e. The zero-order valence-corrected chi connectivity index (χ0v) is 9.87. The first kappa shape index (κ1) is 14.9. The average molecular weight is 228 g/mol. The molecule has 0 spiro atoms. The number of ether oxygens (including phenoxy) is 3. The number of carbonyl (C=O) groups excluding carboxylic acids is 1. The van der Waals surface area contributed by atoms with Crippen LogP contribution in [0.15, 0.2) is 24.8 Å². The van der Waals surface area contributed by atoms with E-state index in [1.54, 1.807) is 13.0 Å². The lowest BCUT2D eigenvalue weighted by molar-refractivity contribution is -0.140. The third-order valence-corrected chi connectivity index (χ3v) is 1.65. The predicted molar refractivity (Wildman–Crippen MR) is 62.2 cm³/mol. The number of rotatable bonds is 10. The van der Waals surface area contributed by atoms with Crippen LogP contribution < -0.4 is 0 Å². The lowest BCUT2D eigenvalue weighted by Crippen LogP contribution is -2.13. The van der Waals surface area contributed by atoms with Crippen molar-refractivity contribution in [3.05, 3.63) is 24.8 Å². The molecule has 0 bridgehead atoms. The Morgan fingerprint density at radius 1 is 1.12 bits per heavy atom. The van der Waals surface area contributed by atoms with E-state index in [4.69, 9.17) is 14.2 Å². The number of hydrogen-bond donors (Lipinski definition) is 0. The van der Waals surface area contributed by atoms with Crippen molar-refractivity contribution < 1.29 is 19.0 Å². The first-order valence-corrected chi connectivity index (χ1v) is 5.27. The molecule has 0 radical (unpaired) electrons. The second-order valence-corrected chi connectivity index (χ2v) is 3.22. The van der Waals surface area contributed by atoms with Gasteiger partial charge in [0.05, 0.1) is 26.4 Å². The maximum atomic E-state index is 10.9. The number of esters is 1. The maximum Gasteiger partial charge on any atom is 0.333 e. The Bertz CT molecular complexity index is 223. The Labute approximate surface area is 96.9 Å². The summed E-state index contributed by atoms with van der Waals surface area (Å²) in [6, 6.07) is 0. The first-order valence-electron chi connectivity index (χ1n) is 5.27. The quantitative estimate of drug-likeness (QED) is 0.247. The topological polar surface area (TPSA) is 44.8 Å². The molecule has 0 rings (SSSR count). The molecule has 4 nitrogen and oxygen atoms in total. The highest BCUT2D eigenvalue weighted by Gasteiger charge is 2.01. The van der Waals surface area contributed by atoms with Gasteiger partial charge >= 0.3 is 5.97 Å². The zero-order chi connectivity index (χ0) is 12.2. The molecule has 0 aliphatic heterocycles. The zero-order valence-electron chi connectivity index (χ0n) is 9.87. The number of hydrogen-bond acceptors (Lipinski definition) is 4. The van der Waals surface area contributed by atoms with Gasteiger partial charge in [-0.15, -0.1) is 6.58 Å². The van der Waals surface area contributed by atoms with E-state index in [0.29, 0.717) is 32.0 Å². The summed E-state index contributed by atoms with van der Waals surface area (Å²) in [5.41, 5.74) is 0.396. The summed E-state index contributed by atoms with van der Waals surface area (Å²) in [5, 5.41) is 0. The molecule has 0 aliphatic carbocycles. The van der Waals surface area contributed by atoms with E-state index in [1.807, 2.05) is 0 Å². The highest BCUT2D eigenvalue weighted by molar-refractivity contribution is 5.86. The van der Waals surface area contributed by atoms with E-state index in [2.05, 4.69) is 13.2 Å². The van der Waals surface area contributed by atoms with Crippen molar-refractivity contribution >= 4 is 5.97 Å². The van der Waals surface area contributed by atoms with Gasteiger partial charge in [-0.3, -0.25) is 0 Å². The third kappa shape index (κ3) is 9.43. The average Bonchev–Trinajstić information content (AvgIpc) is 2.26. The van der Waals surface area contributed by atoms with Gasteiger partial charge in [0, 0.05) is 5.57 Å². The van der Waals surface area contributed by atoms with E-state index in [1.165, 1.54) is 0 Å². The summed E-state index contributed by atoms with van der Waals surface area (Å²) in [6.45, 7) is 11.0. The molecule has 0 amide bonds. The molecule has 0 unspecified atom stereocenters. The second kappa shape index (κ2) is 10.4. The highest BCUT2D eigenvalue weighted by atomic mass is 16.6. The molecule has 0 saturated heterocycles. The van der Waals surface area contributed by atoms with Crippen LogP contribution >= 0.6 is 0 Å². The van der Waals surface area contributed by atoms with Gasteiger partial charge in [0.25, 0.3) is 0 Å². The van der Waals surface area contributed by atoms with E-state index in [-0.39, 0.29) is 12.6 Å². The van der Waals surface area contributed by atoms with Crippen LogP contribution in [-0.4, -0.2) is 39.0 Å². The van der Waals surface area contributed by atoms with E-state index < -0.39 is 0 Å². The Kier molecular flexibility index (Phi) is 9.66. The van der Waals surface area contributed by atoms with Crippen LogP contribution in [0.2, 0.25) is 0 Å². The Morgan fingerprint density at radius 2 is 1.69 bits per heavy atom. The fourth-order valence-corrected chi connectivity index (χ4v) is 0.805. The lowest BCUT2D eigenvalue weighted by Gasteiger charge is -2.06. The molecule has 0 N–H and O–H groups in total. The van der Waals surface area contributed by atoms with Crippen LogP contribution in [0, 0.1) is 0 Å². The van der Waals surface area contributed by atoms with E-state index in [0.717, 1.165) is 6.42 Å². The highest BCUT2D eigenvalue weighted by Crippen LogP contribution is 1.91. The van der Waals surface area contributed by atoms with Crippen molar-refractivity contribution in [1.29, 1.82) is 0 Å². The molecule has 0 aromatic heterocycles. The van der Waals surface area contributed by atoms with Crippen LogP contribution in [0.25, 0.3) is 0 Å². The fraction of sp³-hybridized carbons (Fsp3) is 0.583. The van der Waals surface area contributed by atoms with Gasteiger partial charge in [0.2, 0.25) is 0 Å². The summed E-state index contributed by atoms with van der Waals surface area (Å²) in [6.07, 6.45) is 2.65. The fourth-order valence-electron chi connectivity index (χ4n) is 0.805. The lowest BCUT2D eigenvalue weighted by atomic mass is 10.4. The van der Waals surface area contributed by atoms with Gasteiger partial charge in [-0.1, -0.05) is 12.7 Å². The van der Waals surface area contributed by atoms with Crippen molar-refractivity contribution in [2.24, 2.45) is 0 Å². The van der Waals surface area contributed by atoms with Crippen molar-refractivity contribution in [2.75, 3.05) is 33.0 Å². The minimum Gasteiger partial charge on any atom is -0.460 e. The molecule has 92 valence electrons. The molecule has 16 heavy (non-hydrogen) atoms. The van der Waals surface area contributed by atoms with Gasteiger partial charge in [0.1, 0.15) is 6.61 Å². The summed E-state index contributed by atoms with van der Waals surface area (Å²) in [5.74, 6) is -0.383. The van der Waals surface area contributed by atoms with Crippen LogP contribution in [0.1, 0.15) is 13.3 Å². The largest absolute Gasteiger partial charge is 0.460 e. The molecule has 0 heterocycles. The molecular formula is C12H20O4. The minimum absolute atomic E-state index is 0.248. The summed E-state index contributed by atoms with van der Waals surface area (Å²) < 4.78 is 15.2. The molecule has 0 aromatic rings. The van der Waals surface area contributed by atoms with Gasteiger partial charge in [-0.25, -0.2) is 4.79 Å². The molecule has 0 fully saturated rings. The van der Waals surface area contributed by atoms with Crippen molar-refractivity contribution in [3.63, 3.8) is 0 Å². The SMILES string of the molecule is C=CCCOCCOCCOC(=O)C(=C)C. The summed E-state index contributed by atoms with van der Waals surface area (Å²) in [4.78, 5) is 10.9. The van der Waals surface area contributed by atoms with Crippen molar-refractivity contribution in [1.82, 2.24) is 0 Å². The Morgan fingerprint density at radius 3 is 2.25 bits per heavy atom. The van der Waals surface area contributed by atoms with Crippen LogP contribution in [0.3, 0.4) is 0 Å². The molecule has 0 aromatic carbocycles. The normalized spacial score (nSPS) is 9.81. The molecule has 0 aliphatic rings. The van der Waals surface area contributed by atoms with Crippen molar-refractivity contribution in [3.8, 4) is 0 Å². The summed E-state index contributed by atoms with van der Waals surface area (Å²) in [7, 11) is 0. The Hall–Kier alpha value is -1.13. The minimum atomic E-state index is -0.383. The van der Waals surface area contributed by atoms with E-state index in [9.17, 15) is 4.79 Å². The Balaban J connectivity index is 3.12. The molecule has 0 atom stereocenters. The van der Waals surface area contributed by atoms with Gasteiger partial charge in [-0.2, -0.15) is 0 Å². The van der Waals surface area contributed by atoms with Crippen LogP contribution in [0.4, 0.5) is 0 Å². The van der Waals surface area contributed by atoms with Crippen molar-refractivity contribution in [2.45, 2.75) is 13.3 Å². The van der Waals surface area contributed by atoms with Gasteiger partial charge < -0.3 is 14.2 Å². The second-order valence-electron chi connectivity index (χ2n) is 3.22. The van der Waals surface area contributed by atoms with Gasteiger partial charge in [0.15, 0.2) is 0 Å². The van der Waals surface area contributed by atoms with Gasteiger partial charge in [-0.05, 0) is 13.3 Å². The molecular weight excluding hydrogens is 208 g/mol. The first-order chi connectivity index (χ1) is 7.68. The molecule has 0 saturated carbocycles.